The number of benzene rings is 1. The summed E-state index contributed by atoms with van der Waals surface area (Å²) in [5, 5.41) is 10.2. The average molecular weight is 277 g/mol. The monoisotopic (exact) mass is 277 g/mol. The van der Waals surface area contributed by atoms with E-state index in [1.807, 2.05) is 19.1 Å². The zero-order valence-corrected chi connectivity index (χ0v) is 11.5. The Morgan fingerprint density at radius 1 is 1.21 bits per heavy atom. The van der Waals surface area contributed by atoms with Gasteiger partial charge in [0.25, 0.3) is 0 Å². The Morgan fingerprint density at radius 2 is 1.95 bits per heavy atom. The fraction of sp³-hybridized carbons (Fsp3) is 0.385. The van der Waals surface area contributed by atoms with Crippen LogP contribution in [0, 0.1) is 6.92 Å². The molecule has 0 aliphatic carbocycles. The molecule has 0 bridgehead atoms. The maximum absolute atomic E-state index is 5.61. The maximum atomic E-state index is 5.61. The predicted octanol–water partition coefficient (Wildman–Crippen LogP) is 1.79. The molecule has 6 heteroatoms. The van der Waals surface area contributed by atoms with Crippen molar-refractivity contribution in [3.8, 4) is 22.1 Å². The summed E-state index contributed by atoms with van der Waals surface area (Å²) in [5.74, 6) is 1.58. The van der Waals surface area contributed by atoms with Crippen LogP contribution in [0.25, 0.3) is 10.6 Å². The van der Waals surface area contributed by atoms with Gasteiger partial charge < -0.3 is 15.2 Å². The largest absolute Gasteiger partial charge is 0.486 e. The average Bonchev–Trinajstić information content (AvgIpc) is 2.87. The van der Waals surface area contributed by atoms with Gasteiger partial charge in [0.2, 0.25) is 0 Å². The van der Waals surface area contributed by atoms with E-state index < -0.39 is 0 Å². The molecule has 19 heavy (non-hydrogen) atoms. The Hall–Kier alpha value is -1.66. The van der Waals surface area contributed by atoms with Gasteiger partial charge in [-0.25, -0.2) is 0 Å². The predicted molar refractivity (Wildman–Crippen MR) is 73.8 cm³/mol. The summed E-state index contributed by atoms with van der Waals surface area (Å²) in [6.07, 6.45) is 0.765. The van der Waals surface area contributed by atoms with Crippen LogP contribution in [0.1, 0.15) is 10.6 Å². The van der Waals surface area contributed by atoms with Crippen LogP contribution >= 0.6 is 11.3 Å². The van der Waals surface area contributed by atoms with Gasteiger partial charge in [0, 0.05) is 12.0 Å². The summed E-state index contributed by atoms with van der Waals surface area (Å²) in [6.45, 7) is 3.82. The number of nitrogens with zero attached hydrogens (tertiary/aromatic N) is 2. The molecule has 1 aromatic heterocycles. The lowest BCUT2D eigenvalue weighted by Crippen LogP contribution is -2.15. The molecule has 1 aromatic carbocycles. The first kappa shape index (κ1) is 12.4. The standard InChI is InChI=1S/C13H15N3O2S/c1-8-6-10-11(18-5-4-17-10)7-9(8)13-16-15-12(19-13)2-3-14/h6-7H,2-5,14H2,1H3. The van der Waals surface area contributed by atoms with Crippen molar-refractivity contribution in [2.45, 2.75) is 13.3 Å². The molecular formula is C13H15N3O2S. The van der Waals surface area contributed by atoms with Crippen LogP contribution in [0.4, 0.5) is 0 Å². The SMILES string of the molecule is Cc1cc2c(cc1-c1nnc(CCN)s1)OCCO2. The highest BCUT2D eigenvalue weighted by molar-refractivity contribution is 7.14. The highest BCUT2D eigenvalue weighted by Crippen LogP contribution is 2.38. The maximum Gasteiger partial charge on any atom is 0.162 e. The van der Waals surface area contributed by atoms with Gasteiger partial charge in [-0.05, 0) is 31.2 Å². The fourth-order valence-electron chi connectivity index (χ4n) is 2.01. The van der Waals surface area contributed by atoms with Crippen LogP contribution in [0.5, 0.6) is 11.5 Å². The number of aromatic nitrogens is 2. The number of aryl methyl sites for hydroxylation is 1. The molecule has 2 heterocycles. The van der Waals surface area contributed by atoms with Crippen molar-refractivity contribution in [2.24, 2.45) is 5.73 Å². The third-order valence-electron chi connectivity index (χ3n) is 2.94. The minimum atomic E-state index is 0.587. The Labute approximate surface area is 115 Å². The zero-order chi connectivity index (χ0) is 13.2. The molecule has 0 saturated carbocycles. The Kier molecular flexibility index (Phi) is 3.35. The normalized spacial score (nSPS) is 13.6. The lowest BCUT2D eigenvalue weighted by molar-refractivity contribution is 0.171. The van der Waals surface area contributed by atoms with Crippen molar-refractivity contribution < 1.29 is 9.47 Å². The second-order valence-corrected chi connectivity index (χ2v) is 5.41. The van der Waals surface area contributed by atoms with E-state index in [1.54, 1.807) is 11.3 Å². The summed E-state index contributed by atoms with van der Waals surface area (Å²) < 4.78 is 11.2. The van der Waals surface area contributed by atoms with Crippen LogP contribution in [0.15, 0.2) is 12.1 Å². The smallest absolute Gasteiger partial charge is 0.162 e. The molecule has 0 saturated heterocycles. The number of nitrogens with two attached hydrogens (primary N) is 1. The van der Waals surface area contributed by atoms with Crippen molar-refractivity contribution in [1.82, 2.24) is 10.2 Å². The molecule has 0 spiro atoms. The third kappa shape index (κ3) is 2.41. The van der Waals surface area contributed by atoms with Crippen LogP contribution in [0.3, 0.4) is 0 Å². The summed E-state index contributed by atoms with van der Waals surface area (Å²) >= 11 is 1.58. The number of rotatable bonds is 3. The Morgan fingerprint density at radius 3 is 2.68 bits per heavy atom. The second kappa shape index (κ2) is 5.14. The van der Waals surface area contributed by atoms with Crippen LogP contribution in [-0.4, -0.2) is 30.0 Å². The Bertz CT molecular complexity index is 598. The van der Waals surface area contributed by atoms with Gasteiger partial charge in [0.05, 0.1) is 0 Å². The van der Waals surface area contributed by atoms with Crippen molar-refractivity contribution in [1.29, 1.82) is 0 Å². The summed E-state index contributed by atoms with van der Waals surface area (Å²) in [4.78, 5) is 0. The lowest BCUT2D eigenvalue weighted by Gasteiger charge is -2.19. The van der Waals surface area contributed by atoms with Crippen molar-refractivity contribution in [2.75, 3.05) is 19.8 Å². The van der Waals surface area contributed by atoms with Crippen molar-refractivity contribution in [3.63, 3.8) is 0 Å². The van der Waals surface area contributed by atoms with E-state index in [2.05, 4.69) is 10.2 Å². The minimum absolute atomic E-state index is 0.587. The van der Waals surface area contributed by atoms with Gasteiger partial charge in [-0.15, -0.1) is 10.2 Å². The van der Waals surface area contributed by atoms with E-state index >= 15 is 0 Å². The molecule has 0 atom stereocenters. The van der Waals surface area contributed by atoms with Gasteiger partial charge in [0.1, 0.15) is 23.2 Å². The van der Waals surface area contributed by atoms with Gasteiger partial charge in [0.15, 0.2) is 11.5 Å². The highest BCUT2D eigenvalue weighted by Gasteiger charge is 2.17. The number of hydrogen-bond acceptors (Lipinski definition) is 6. The topological polar surface area (TPSA) is 70.3 Å². The number of ether oxygens (including phenoxy) is 2. The molecule has 5 nitrogen and oxygen atoms in total. The van der Waals surface area contributed by atoms with Crippen LogP contribution < -0.4 is 15.2 Å². The number of hydrogen-bond donors (Lipinski definition) is 1. The summed E-state index contributed by atoms with van der Waals surface area (Å²) in [5.41, 5.74) is 7.69. The van der Waals surface area contributed by atoms with E-state index in [4.69, 9.17) is 15.2 Å². The molecular weight excluding hydrogens is 262 g/mol. The van der Waals surface area contributed by atoms with E-state index in [0.717, 1.165) is 39.1 Å². The van der Waals surface area contributed by atoms with Crippen LogP contribution in [0.2, 0.25) is 0 Å². The lowest BCUT2D eigenvalue weighted by atomic mass is 10.1. The zero-order valence-electron chi connectivity index (χ0n) is 10.7. The van der Waals surface area contributed by atoms with Crippen LogP contribution in [-0.2, 0) is 6.42 Å². The van der Waals surface area contributed by atoms with Gasteiger partial charge >= 0.3 is 0 Å². The molecule has 1 aliphatic heterocycles. The molecule has 3 rings (SSSR count). The molecule has 100 valence electrons. The van der Waals surface area contributed by atoms with Gasteiger partial charge in [-0.1, -0.05) is 11.3 Å². The van der Waals surface area contributed by atoms with Crippen molar-refractivity contribution in [3.05, 3.63) is 22.7 Å². The van der Waals surface area contributed by atoms with E-state index in [-0.39, 0.29) is 0 Å². The molecule has 1 aliphatic rings. The number of fused-ring (bicyclic) bond motifs is 1. The molecule has 2 N–H and O–H groups in total. The molecule has 2 aromatic rings. The highest BCUT2D eigenvalue weighted by atomic mass is 32.1. The minimum Gasteiger partial charge on any atom is -0.486 e. The van der Waals surface area contributed by atoms with E-state index in [0.29, 0.717) is 19.8 Å². The van der Waals surface area contributed by atoms with E-state index in [9.17, 15) is 0 Å². The summed E-state index contributed by atoms with van der Waals surface area (Å²) in [6, 6.07) is 3.98. The second-order valence-electron chi connectivity index (χ2n) is 4.35. The third-order valence-corrected chi connectivity index (χ3v) is 3.96. The quantitative estimate of drug-likeness (QED) is 0.926. The Balaban J connectivity index is 1.99. The summed E-state index contributed by atoms with van der Waals surface area (Å²) in [7, 11) is 0. The fourth-order valence-corrected chi connectivity index (χ4v) is 2.94. The van der Waals surface area contributed by atoms with Gasteiger partial charge in [-0.2, -0.15) is 0 Å². The molecule has 0 radical (unpaired) electrons. The molecule has 0 fully saturated rings. The van der Waals surface area contributed by atoms with Gasteiger partial charge in [-0.3, -0.25) is 0 Å². The molecule has 0 unspecified atom stereocenters. The first-order chi connectivity index (χ1) is 9.28. The first-order valence-corrected chi connectivity index (χ1v) is 7.02. The first-order valence-electron chi connectivity index (χ1n) is 6.21. The van der Waals surface area contributed by atoms with Crippen molar-refractivity contribution >= 4 is 11.3 Å². The van der Waals surface area contributed by atoms with E-state index in [1.165, 1.54) is 0 Å². The molecule has 0 amide bonds.